The number of rotatable bonds is 6. The Morgan fingerprint density at radius 3 is 2.57 bits per heavy atom. The Kier molecular flexibility index (Phi) is 6.82. The van der Waals surface area contributed by atoms with Crippen LogP contribution in [0.3, 0.4) is 0 Å². The number of nitrogens with one attached hydrogen (secondary N) is 1. The predicted octanol–water partition coefficient (Wildman–Crippen LogP) is 5.35. The van der Waals surface area contributed by atoms with Gasteiger partial charge in [-0.1, -0.05) is 29.8 Å². The number of hydrogen-bond donors (Lipinski definition) is 2. The standard InChI is InChI=1S/C31H32ClN5O3S2/c1-30(19-22(32)5-8-26(30)21-3-6-23(7-4-21)36-17-14-33-15-18-36)42(39,40)37-16-10-25-24(9-13-34-28(25)37)27-20-35-29(41-27)31(38)11-2-12-31/h3-10,13,16,19-20,26,33,38H,2,11-12,14-15,17-18H2,1H3. The topological polar surface area (TPSA) is 100 Å². The van der Waals surface area contributed by atoms with E-state index in [-0.39, 0.29) is 0 Å². The van der Waals surface area contributed by atoms with Crippen molar-refractivity contribution < 1.29 is 13.5 Å². The van der Waals surface area contributed by atoms with E-state index in [1.165, 1.54) is 15.3 Å². The first-order valence-electron chi connectivity index (χ1n) is 14.2. The molecule has 1 saturated carbocycles. The van der Waals surface area contributed by atoms with Gasteiger partial charge >= 0.3 is 0 Å². The number of piperazine rings is 1. The Morgan fingerprint density at radius 1 is 1.10 bits per heavy atom. The molecule has 218 valence electrons. The van der Waals surface area contributed by atoms with Crippen molar-refractivity contribution >= 4 is 49.7 Å². The van der Waals surface area contributed by atoms with Gasteiger partial charge in [0.25, 0.3) is 0 Å². The summed E-state index contributed by atoms with van der Waals surface area (Å²) < 4.78 is 29.1. The molecule has 1 aliphatic heterocycles. The van der Waals surface area contributed by atoms with Crippen LogP contribution >= 0.6 is 22.9 Å². The van der Waals surface area contributed by atoms with E-state index in [1.54, 1.807) is 43.7 Å². The zero-order chi connectivity index (χ0) is 29.1. The van der Waals surface area contributed by atoms with Gasteiger partial charge in [0.15, 0.2) is 5.65 Å². The second-order valence-corrected chi connectivity index (χ2v) is 15.2. The average Bonchev–Trinajstić information content (AvgIpc) is 3.65. The lowest BCUT2D eigenvalue weighted by Crippen LogP contribution is -2.44. The molecule has 2 unspecified atom stereocenters. The summed E-state index contributed by atoms with van der Waals surface area (Å²) in [5.41, 5.74) is 2.35. The number of halogens is 1. The van der Waals surface area contributed by atoms with Gasteiger partial charge in [-0.05, 0) is 68.2 Å². The monoisotopic (exact) mass is 621 g/mol. The highest BCUT2D eigenvalue weighted by atomic mass is 35.5. The molecular weight excluding hydrogens is 590 g/mol. The lowest BCUT2D eigenvalue weighted by Gasteiger charge is -2.36. The third kappa shape index (κ3) is 4.43. The minimum atomic E-state index is -4.05. The molecule has 0 amide bonds. The van der Waals surface area contributed by atoms with Crippen molar-refractivity contribution in [2.45, 2.75) is 42.5 Å². The Balaban J connectivity index is 1.26. The number of allylic oxidation sites excluding steroid dienone is 3. The van der Waals surface area contributed by atoms with Crippen molar-refractivity contribution in [1.82, 2.24) is 19.3 Å². The maximum atomic E-state index is 14.6. The first-order valence-corrected chi connectivity index (χ1v) is 16.9. The second kappa shape index (κ2) is 10.3. The van der Waals surface area contributed by atoms with Gasteiger partial charge in [0, 0.05) is 72.4 Å². The first-order chi connectivity index (χ1) is 20.2. The molecule has 2 aliphatic carbocycles. The number of aromatic nitrogens is 3. The van der Waals surface area contributed by atoms with Gasteiger partial charge in [-0.2, -0.15) is 0 Å². The van der Waals surface area contributed by atoms with Crippen LogP contribution in [0.15, 0.2) is 78.2 Å². The van der Waals surface area contributed by atoms with Gasteiger partial charge in [-0.15, -0.1) is 11.3 Å². The number of benzene rings is 1. The van der Waals surface area contributed by atoms with E-state index in [2.05, 4.69) is 32.3 Å². The third-order valence-corrected chi connectivity index (χ3v) is 12.7. The molecule has 7 rings (SSSR count). The minimum Gasteiger partial charge on any atom is -0.383 e. The molecule has 1 aromatic carbocycles. The molecule has 3 aromatic heterocycles. The fourth-order valence-corrected chi connectivity index (χ4v) is 9.55. The summed E-state index contributed by atoms with van der Waals surface area (Å²) in [5, 5.41) is 15.9. The van der Waals surface area contributed by atoms with E-state index in [4.69, 9.17) is 11.6 Å². The minimum absolute atomic E-state index is 0.345. The van der Waals surface area contributed by atoms with E-state index >= 15 is 0 Å². The number of aliphatic hydroxyl groups is 1. The normalized spacial score (nSPS) is 24.0. The van der Waals surface area contributed by atoms with Gasteiger partial charge in [0.05, 0.1) is 4.88 Å². The third-order valence-electron chi connectivity index (χ3n) is 8.94. The summed E-state index contributed by atoms with van der Waals surface area (Å²) in [4.78, 5) is 12.2. The largest absolute Gasteiger partial charge is 0.383 e. The number of anilines is 1. The van der Waals surface area contributed by atoms with Crippen LogP contribution in [0, 0.1) is 0 Å². The highest BCUT2D eigenvalue weighted by Crippen LogP contribution is 2.46. The van der Waals surface area contributed by atoms with E-state index in [0.717, 1.165) is 54.3 Å². The van der Waals surface area contributed by atoms with Crippen LogP contribution in [0.25, 0.3) is 21.5 Å². The van der Waals surface area contributed by atoms with Crippen molar-refractivity contribution in [3.63, 3.8) is 0 Å². The lowest BCUT2D eigenvalue weighted by atomic mass is 9.81. The van der Waals surface area contributed by atoms with Gasteiger partial charge in [0.2, 0.25) is 10.0 Å². The summed E-state index contributed by atoms with van der Waals surface area (Å²) in [7, 11) is -4.05. The van der Waals surface area contributed by atoms with Crippen LogP contribution in [0.5, 0.6) is 0 Å². The summed E-state index contributed by atoms with van der Waals surface area (Å²) in [6.07, 6.45) is 12.7. The molecule has 3 aliphatic rings. The predicted molar refractivity (Wildman–Crippen MR) is 169 cm³/mol. The van der Waals surface area contributed by atoms with Crippen molar-refractivity contribution in [1.29, 1.82) is 0 Å². The maximum absolute atomic E-state index is 14.6. The summed E-state index contributed by atoms with van der Waals surface area (Å²) in [6.45, 7) is 5.49. The lowest BCUT2D eigenvalue weighted by molar-refractivity contribution is -0.0389. The summed E-state index contributed by atoms with van der Waals surface area (Å²) in [6, 6.07) is 11.8. The van der Waals surface area contributed by atoms with Gasteiger partial charge in [0.1, 0.15) is 15.4 Å². The molecule has 11 heteroatoms. The van der Waals surface area contributed by atoms with Crippen molar-refractivity contribution in [3.05, 3.63) is 88.8 Å². The van der Waals surface area contributed by atoms with E-state index in [0.29, 0.717) is 33.9 Å². The molecule has 2 N–H and O–H groups in total. The van der Waals surface area contributed by atoms with Crippen LogP contribution in [-0.4, -0.2) is 58.4 Å². The quantitative estimate of drug-likeness (QED) is 0.299. The average molecular weight is 622 g/mol. The number of fused-ring (bicyclic) bond motifs is 1. The van der Waals surface area contributed by atoms with Gasteiger partial charge in [-0.25, -0.2) is 22.4 Å². The molecule has 2 atom stereocenters. The van der Waals surface area contributed by atoms with E-state index in [9.17, 15) is 13.5 Å². The first kappa shape index (κ1) is 27.8. The maximum Gasteiger partial charge on any atom is 0.250 e. The van der Waals surface area contributed by atoms with Crippen molar-refractivity contribution in [2.75, 3.05) is 31.1 Å². The zero-order valence-corrected chi connectivity index (χ0v) is 25.6. The van der Waals surface area contributed by atoms with Crippen LogP contribution < -0.4 is 10.2 Å². The number of nitrogens with zero attached hydrogens (tertiary/aromatic N) is 4. The number of pyridine rings is 1. The Morgan fingerprint density at radius 2 is 1.86 bits per heavy atom. The van der Waals surface area contributed by atoms with E-state index in [1.807, 2.05) is 24.3 Å². The molecule has 1 saturated heterocycles. The molecule has 0 radical (unpaired) electrons. The van der Waals surface area contributed by atoms with Crippen LogP contribution in [0.1, 0.15) is 42.7 Å². The smallest absolute Gasteiger partial charge is 0.250 e. The second-order valence-electron chi connectivity index (χ2n) is 11.5. The number of hydrogen-bond acceptors (Lipinski definition) is 8. The highest BCUT2D eigenvalue weighted by Gasteiger charge is 2.47. The van der Waals surface area contributed by atoms with E-state index < -0.39 is 26.3 Å². The fraction of sp³-hybridized carbons (Fsp3) is 0.355. The van der Waals surface area contributed by atoms with Crippen LogP contribution in [0.4, 0.5) is 5.69 Å². The number of thiazole rings is 1. The van der Waals surface area contributed by atoms with Crippen molar-refractivity contribution in [3.8, 4) is 10.4 Å². The Hall–Kier alpha value is -3.02. The molecule has 4 heterocycles. The molecule has 2 fully saturated rings. The molecular formula is C31H32ClN5O3S2. The Labute approximate surface area is 254 Å². The van der Waals surface area contributed by atoms with Crippen LogP contribution in [-0.2, 0) is 15.6 Å². The SMILES string of the molecule is CC1(S(=O)(=O)n2ccc3c(-c4cnc(C5(O)CCC5)s4)ccnc32)C=C(Cl)C=CC1c1ccc(N2CCNCC2)cc1. The van der Waals surface area contributed by atoms with Gasteiger partial charge < -0.3 is 15.3 Å². The summed E-state index contributed by atoms with van der Waals surface area (Å²) in [5.74, 6) is -0.463. The molecule has 42 heavy (non-hydrogen) atoms. The van der Waals surface area contributed by atoms with Gasteiger partial charge in [-0.3, -0.25) is 0 Å². The Bertz CT molecular complexity index is 1820. The molecule has 8 nitrogen and oxygen atoms in total. The zero-order valence-electron chi connectivity index (χ0n) is 23.2. The molecule has 0 bridgehead atoms. The molecule has 0 spiro atoms. The summed E-state index contributed by atoms with van der Waals surface area (Å²) >= 11 is 7.92. The highest BCUT2D eigenvalue weighted by molar-refractivity contribution is 7.91. The fourth-order valence-electron chi connectivity index (χ4n) is 6.26. The van der Waals surface area contributed by atoms with Crippen LogP contribution in [0.2, 0.25) is 0 Å². The van der Waals surface area contributed by atoms with Crippen molar-refractivity contribution in [2.24, 2.45) is 0 Å². The molecule has 4 aromatic rings.